The van der Waals surface area contributed by atoms with E-state index in [1.807, 2.05) is 33.8 Å². The van der Waals surface area contributed by atoms with Crippen molar-refractivity contribution >= 4 is 0 Å². The first-order chi connectivity index (χ1) is 9.02. The number of rotatable bonds is 4. The van der Waals surface area contributed by atoms with Crippen molar-refractivity contribution in [3.63, 3.8) is 0 Å². The summed E-state index contributed by atoms with van der Waals surface area (Å²) in [5.74, 6) is 0. The zero-order valence-electron chi connectivity index (χ0n) is 12.4. The van der Waals surface area contributed by atoms with Crippen LogP contribution in [0.25, 0.3) is 0 Å². The molecule has 0 saturated carbocycles. The first kappa shape index (κ1) is 16.8. The smallest absolute Gasteiger partial charge is 0.324 e. The minimum absolute atomic E-state index is 0.0997. The lowest BCUT2D eigenvalue weighted by molar-refractivity contribution is -0.137. The summed E-state index contributed by atoms with van der Waals surface area (Å²) in [7, 11) is 0. The van der Waals surface area contributed by atoms with E-state index < -0.39 is 11.7 Å². The first-order valence-electron chi connectivity index (χ1n) is 6.61. The van der Waals surface area contributed by atoms with Crippen molar-refractivity contribution in [3.8, 4) is 0 Å². The molecule has 2 N–H and O–H groups in total. The molecule has 0 aliphatic rings. The van der Waals surface area contributed by atoms with Gasteiger partial charge in [-0.1, -0.05) is 37.6 Å². The molecule has 0 aliphatic heterocycles. The van der Waals surface area contributed by atoms with Gasteiger partial charge < -0.3 is 5.73 Å². The van der Waals surface area contributed by atoms with Crippen molar-refractivity contribution in [1.29, 1.82) is 0 Å². The van der Waals surface area contributed by atoms with Crippen LogP contribution in [0.4, 0.5) is 13.2 Å². The molecule has 1 aromatic rings. The molecule has 1 atom stereocenters. The van der Waals surface area contributed by atoms with E-state index in [0.717, 1.165) is 23.3 Å². The first-order valence-corrected chi connectivity index (χ1v) is 6.61. The maximum Gasteiger partial charge on any atom is 0.416 e. The molecule has 112 valence electrons. The van der Waals surface area contributed by atoms with E-state index in [1.165, 1.54) is 12.1 Å². The van der Waals surface area contributed by atoms with Gasteiger partial charge in [0.05, 0.1) is 5.56 Å². The van der Waals surface area contributed by atoms with Gasteiger partial charge in [0, 0.05) is 6.04 Å². The van der Waals surface area contributed by atoms with Crippen LogP contribution < -0.4 is 5.73 Å². The van der Waals surface area contributed by atoms with Crippen molar-refractivity contribution < 1.29 is 13.2 Å². The lowest BCUT2D eigenvalue weighted by Gasteiger charge is -2.28. The van der Waals surface area contributed by atoms with E-state index in [4.69, 9.17) is 5.73 Å². The summed E-state index contributed by atoms with van der Waals surface area (Å²) in [4.78, 5) is 0. The van der Waals surface area contributed by atoms with Crippen LogP contribution in [0.3, 0.4) is 0 Å². The Kier molecular flexibility index (Phi) is 5.03. The number of nitrogens with two attached hydrogens (primary N) is 1. The number of hydrogen-bond acceptors (Lipinski definition) is 1. The zero-order valence-corrected chi connectivity index (χ0v) is 12.4. The predicted octanol–water partition coefficient (Wildman–Crippen LogP) is 4.67. The number of halogens is 3. The Morgan fingerprint density at radius 1 is 1.10 bits per heavy atom. The Morgan fingerprint density at radius 3 is 1.95 bits per heavy atom. The van der Waals surface area contributed by atoms with Gasteiger partial charge in [-0.25, -0.2) is 0 Å². The molecule has 0 heterocycles. The molecule has 1 nitrogen and oxygen atoms in total. The quantitative estimate of drug-likeness (QED) is 0.799. The summed E-state index contributed by atoms with van der Waals surface area (Å²) in [5.41, 5.74) is 7.16. The standard InChI is InChI=1S/C16H22F3N/c1-11(2)9-14(20)10-15(3,4)12-5-7-13(8-6-12)16(17,18)19/h5-9,14H,10,20H2,1-4H3/t14-/m0/s1. The van der Waals surface area contributed by atoms with Gasteiger partial charge in [0.1, 0.15) is 0 Å². The Balaban J connectivity index is 2.90. The molecule has 0 fully saturated rings. The maximum atomic E-state index is 12.5. The molecule has 0 unspecified atom stereocenters. The highest BCUT2D eigenvalue weighted by atomic mass is 19.4. The summed E-state index contributed by atoms with van der Waals surface area (Å²) in [6.45, 7) is 7.94. The summed E-state index contributed by atoms with van der Waals surface area (Å²) in [6, 6.07) is 5.24. The van der Waals surface area contributed by atoms with Crippen molar-refractivity contribution in [1.82, 2.24) is 0 Å². The fourth-order valence-corrected chi connectivity index (χ4v) is 2.30. The average Bonchev–Trinajstić information content (AvgIpc) is 2.26. The van der Waals surface area contributed by atoms with E-state index in [0.29, 0.717) is 6.42 Å². The van der Waals surface area contributed by atoms with Gasteiger partial charge in [-0.05, 0) is 43.4 Å². The average molecular weight is 285 g/mol. The van der Waals surface area contributed by atoms with Crippen molar-refractivity contribution in [2.45, 2.75) is 51.7 Å². The monoisotopic (exact) mass is 285 g/mol. The highest BCUT2D eigenvalue weighted by Crippen LogP contribution is 2.33. The number of allylic oxidation sites excluding steroid dienone is 1. The Labute approximate surface area is 118 Å². The van der Waals surface area contributed by atoms with Gasteiger partial charge in [0.25, 0.3) is 0 Å². The number of benzene rings is 1. The zero-order chi connectivity index (χ0) is 15.6. The van der Waals surface area contributed by atoms with Crippen LogP contribution in [0, 0.1) is 0 Å². The van der Waals surface area contributed by atoms with Crippen molar-refractivity contribution in [2.75, 3.05) is 0 Å². The molecule has 0 aliphatic carbocycles. The molecule has 0 amide bonds. The summed E-state index contributed by atoms with van der Waals surface area (Å²) < 4.78 is 37.6. The molecular weight excluding hydrogens is 263 g/mol. The van der Waals surface area contributed by atoms with Gasteiger partial charge in [0.15, 0.2) is 0 Å². The summed E-state index contributed by atoms with van der Waals surface area (Å²) in [6.07, 6.45) is -1.63. The second-order valence-corrected chi connectivity index (χ2v) is 6.07. The third-order valence-corrected chi connectivity index (χ3v) is 3.29. The molecule has 0 spiro atoms. The normalized spacial score (nSPS) is 14.0. The van der Waals surface area contributed by atoms with Gasteiger partial charge in [-0.15, -0.1) is 0 Å². The van der Waals surface area contributed by atoms with Gasteiger partial charge in [0.2, 0.25) is 0 Å². The fourth-order valence-electron chi connectivity index (χ4n) is 2.30. The summed E-state index contributed by atoms with van der Waals surface area (Å²) >= 11 is 0. The van der Waals surface area contributed by atoms with E-state index in [1.54, 1.807) is 0 Å². The SMILES string of the molecule is CC(C)=C[C@H](N)CC(C)(C)c1ccc(C(F)(F)F)cc1. The molecular formula is C16H22F3N. The fraction of sp³-hybridized carbons (Fsp3) is 0.500. The lowest BCUT2D eigenvalue weighted by Crippen LogP contribution is -2.29. The maximum absolute atomic E-state index is 12.5. The summed E-state index contributed by atoms with van der Waals surface area (Å²) in [5, 5.41) is 0. The van der Waals surface area contributed by atoms with Crippen LogP contribution in [-0.2, 0) is 11.6 Å². The van der Waals surface area contributed by atoms with Gasteiger partial charge >= 0.3 is 6.18 Å². The number of hydrogen-bond donors (Lipinski definition) is 1. The molecule has 0 radical (unpaired) electrons. The highest BCUT2D eigenvalue weighted by molar-refractivity contribution is 5.30. The van der Waals surface area contributed by atoms with E-state index in [9.17, 15) is 13.2 Å². The van der Waals surface area contributed by atoms with Crippen LogP contribution in [-0.4, -0.2) is 6.04 Å². The molecule has 0 aromatic heterocycles. The van der Waals surface area contributed by atoms with E-state index in [-0.39, 0.29) is 11.5 Å². The van der Waals surface area contributed by atoms with Gasteiger partial charge in [-0.2, -0.15) is 13.2 Å². The second kappa shape index (κ2) is 6.00. The van der Waals surface area contributed by atoms with Crippen molar-refractivity contribution in [2.24, 2.45) is 5.73 Å². The molecule has 0 bridgehead atoms. The molecule has 1 rings (SSSR count). The van der Waals surface area contributed by atoms with Crippen LogP contribution in [0.15, 0.2) is 35.9 Å². The highest BCUT2D eigenvalue weighted by Gasteiger charge is 2.31. The van der Waals surface area contributed by atoms with Crippen molar-refractivity contribution in [3.05, 3.63) is 47.0 Å². The lowest BCUT2D eigenvalue weighted by atomic mass is 9.79. The number of alkyl halides is 3. The van der Waals surface area contributed by atoms with Crippen LogP contribution >= 0.6 is 0 Å². The minimum Gasteiger partial charge on any atom is -0.324 e. The van der Waals surface area contributed by atoms with E-state index >= 15 is 0 Å². The molecule has 1 aromatic carbocycles. The second-order valence-electron chi connectivity index (χ2n) is 6.07. The molecule has 4 heteroatoms. The van der Waals surface area contributed by atoms with Crippen LogP contribution in [0.2, 0.25) is 0 Å². The molecule has 0 saturated heterocycles. The Hall–Kier alpha value is -1.29. The van der Waals surface area contributed by atoms with Gasteiger partial charge in [-0.3, -0.25) is 0 Å². The molecule has 20 heavy (non-hydrogen) atoms. The van der Waals surface area contributed by atoms with Crippen LogP contribution in [0.5, 0.6) is 0 Å². The van der Waals surface area contributed by atoms with Crippen LogP contribution in [0.1, 0.15) is 45.2 Å². The third kappa shape index (κ3) is 4.67. The topological polar surface area (TPSA) is 26.0 Å². The Morgan fingerprint density at radius 2 is 1.55 bits per heavy atom. The minimum atomic E-state index is -4.29. The third-order valence-electron chi connectivity index (χ3n) is 3.29. The Bertz CT molecular complexity index is 465. The predicted molar refractivity (Wildman–Crippen MR) is 76.5 cm³/mol. The van der Waals surface area contributed by atoms with E-state index in [2.05, 4.69) is 0 Å². The largest absolute Gasteiger partial charge is 0.416 e.